The van der Waals surface area contributed by atoms with Crippen LogP contribution in [-0.2, 0) is 4.74 Å². The standard InChI is InChI=1S/C26H24FN3O4S/c1-16(35)28-14-20-15-30(26(32)33-20)19-6-7-21(22(27)13-19)17-8-10-29(11-9-17)25(31)24-12-18-4-2-3-5-23(18)34-24/h2-8,12-13,20H,9-11,14-15H2,1H3,(H,28,35)/t20-/m0/s1. The lowest BCUT2D eigenvalue weighted by Crippen LogP contribution is -2.34. The summed E-state index contributed by atoms with van der Waals surface area (Å²) in [6.07, 6.45) is 1.50. The molecule has 1 saturated heterocycles. The number of halogens is 1. The van der Waals surface area contributed by atoms with Crippen LogP contribution in [0.25, 0.3) is 16.5 Å². The third-order valence-corrected chi connectivity index (χ3v) is 6.34. The first-order valence-corrected chi connectivity index (χ1v) is 11.8. The van der Waals surface area contributed by atoms with E-state index in [9.17, 15) is 9.59 Å². The van der Waals surface area contributed by atoms with Crippen LogP contribution >= 0.6 is 12.2 Å². The predicted octanol–water partition coefficient (Wildman–Crippen LogP) is 4.76. The number of hydrogen-bond donors (Lipinski definition) is 1. The number of furan rings is 1. The predicted molar refractivity (Wildman–Crippen MR) is 135 cm³/mol. The fourth-order valence-electron chi connectivity index (χ4n) is 4.37. The molecule has 35 heavy (non-hydrogen) atoms. The van der Waals surface area contributed by atoms with E-state index in [2.05, 4.69) is 5.32 Å². The number of fused-ring (bicyclic) bond motifs is 1. The molecule has 5 rings (SSSR count). The molecular weight excluding hydrogens is 469 g/mol. The summed E-state index contributed by atoms with van der Waals surface area (Å²) in [6, 6.07) is 14.0. The van der Waals surface area contributed by atoms with Crippen LogP contribution in [0.15, 0.2) is 59.0 Å². The van der Waals surface area contributed by atoms with Crippen molar-refractivity contribution in [3.8, 4) is 0 Å². The van der Waals surface area contributed by atoms with Crippen molar-refractivity contribution in [3.05, 3.63) is 71.7 Å². The van der Waals surface area contributed by atoms with Crippen LogP contribution in [0.5, 0.6) is 0 Å². The molecule has 0 radical (unpaired) electrons. The monoisotopic (exact) mass is 493 g/mol. The van der Waals surface area contributed by atoms with E-state index in [1.54, 1.807) is 30.0 Å². The van der Waals surface area contributed by atoms with Crippen LogP contribution < -0.4 is 10.2 Å². The number of cyclic esters (lactones) is 1. The highest BCUT2D eigenvalue weighted by Crippen LogP contribution is 2.30. The SMILES string of the molecule is CC(=S)NC[C@H]1CN(c2ccc(C3=CCN(C(=O)c4cc5ccccc5o4)CC3)c(F)c2)C(=O)O1. The third-order valence-electron chi connectivity index (χ3n) is 6.20. The minimum Gasteiger partial charge on any atom is -0.451 e. The van der Waals surface area contributed by atoms with Crippen molar-refractivity contribution in [1.82, 2.24) is 10.2 Å². The molecule has 2 aliphatic heterocycles. The summed E-state index contributed by atoms with van der Waals surface area (Å²) < 4.78 is 26.1. The zero-order valence-electron chi connectivity index (χ0n) is 19.1. The van der Waals surface area contributed by atoms with Gasteiger partial charge in [-0.2, -0.15) is 0 Å². The van der Waals surface area contributed by atoms with Crippen molar-refractivity contribution in [2.45, 2.75) is 19.4 Å². The van der Waals surface area contributed by atoms with Crippen LogP contribution in [0.4, 0.5) is 14.9 Å². The smallest absolute Gasteiger partial charge is 0.414 e. The van der Waals surface area contributed by atoms with Crippen molar-refractivity contribution >= 4 is 51.4 Å². The molecule has 0 aliphatic carbocycles. The average Bonchev–Trinajstić information content (AvgIpc) is 3.46. The van der Waals surface area contributed by atoms with Crippen LogP contribution in [0.2, 0.25) is 0 Å². The molecule has 2 aliphatic rings. The molecule has 1 fully saturated rings. The summed E-state index contributed by atoms with van der Waals surface area (Å²) in [5.74, 6) is -0.312. The maximum Gasteiger partial charge on any atom is 0.414 e. The number of thiocarbonyl (C=S) groups is 1. The Morgan fingerprint density at radius 1 is 1.23 bits per heavy atom. The van der Waals surface area contributed by atoms with Gasteiger partial charge in [-0.3, -0.25) is 9.69 Å². The minimum atomic E-state index is -0.511. The number of rotatable bonds is 5. The number of hydrogen-bond acceptors (Lipinski definition) is 5. The average molecular weight is 494 g/mol. The summed E-state index contributed by atoms with van der Waals surface area (Å²) in [7, 11) is 0. The third kappa shape index (κ3) is 4.77. The zero-order chi connectivity index (χ0) is 24.5. The molecule has 1 N–H and O–H groups in total. The Kier molecular flexibility index (Phi) is 6.25. The Morgan fingerprint density at radius 2 is 2.06 bits per heavy atom. The summed E-state index contributed by atoms with van der Waals surface area (Å²) in [4.78, 5) is 28.9. The molecular formula is C26H24FN3O4S. The van der Waals surface area contributed by atoms with Gasteiger partial charge in [-0.05, 0) is 49.2 Å². The molecule has 0 spiro atoms. The van der Waals surface area contributed by atoms with Gasteiger partial charge < -0.3 is 19.4 Å². The Morgan fingerprint density at radius 3 is 2.77 bits per heavy atom. The van der Waals surface area contributed by atoms with Crippen molar-refractivity contribution in [3.63, 3.8) is 0 Å². The Bertz CT molecular complexity index is 1320. The first-order valence-electron chi connectivity index (χ1n) is 11.4. The Balaban J connectivity index is 1.26. The molecule has 7 nitrogen and oxygen atoms in total. The van der Waals surface area contributed by atoms with Gasteiger partial charge in [-0.1, -0.05) is 36.5 Å². The van der Waals surface area contributed by atoms with Gasteiger partial charge in [0.05, 0.1) is 23.8 Å². The van der Waals surface area contributed by atoms with E-state index in [0.29, 0.717) is 60.2 Å². The molecule has 180 valence electrons. The normalized spacial score (nSPS) is 17.9. The van der Waals surface area contributed by atoms with Gasteiger partial charge in [0, 0.05) is 24.0 Å². The maximum atomic E-state index is 15.1. The number of ether oxygens (including phenoxy) is 1. The number of carbonyl (C=O) groups is 2. The topological polar surface area (TPSA) is 75.0 Å². The highest BCUT2D eigenvalue weighted by atomic mass is 32.1. The van der Waals surface area contributed by atoms with E-state index < -0.39 is 11.9 Å². The first kappa shape index (κ1) is 23.0. The van der Waals surface area contributed by atoms with Crippen molar-refractivity contribution in [2.75, 3.05) is 31.1 Å². The highest BCUT2D eigenvalue weighted by Gasteiger charge is 2.33. The number of carbonyl (C=O) groups excluding carboxylic acids is 2. The lowest BCUT2D eigenvalue weighted by molar-refractivity contribution is 0.0743. The van der Waals surface area contributed by atoms with Gasteiger partial charge in [0.2, 0.25) is 0 Å². The van der Waals surface area contributed by atoms with Gasteiger partial charge in [-0.15, -0.1) is 0 Å². The molecule has 1 atom stereocenters. The van der Waals surface area contributed by atoms with Crippen LogP contribution in [0.1, 0.15) is 29.5 Å². The minimum absolute atomic E-state index is 0.187. The van der Waals surface area contributed by atoms with Crippen LogP contribution in [0.3, 0.4) is 0 Å². The number of anilines is 1. The van der Waals surface area contributed by atoms with E-state index >= 15 is 4.39 Å². The van der Waals surface area contributed by atoms with Crippen molar-refractivity contribution in [1.29, 1.82) is 0 Å². The second-order valence-corrected chi connectivity index (χ2v) is 9.21. The lowest BCUT2D eigenvalue weighted by Gasteiger charge is -2.26. The molecule has 3 heterocycles. The number of nitrogens with zero attached hydrogens (tertiary/aromatic N) is 2. The molecule has 9 heteroatoms. The second kappa shape index (κ2) is 9.50. The zero-order valence-corrected chi connectivity index (χ0v) is 19.9. The van der Waals surface area contributed by atoms with Crippen molar-refractivity contribution in [2.24, 2.45) is 0 Å². The number of para-hydroxylation sites is 1. The number of benzene rings is 2. The number of amides is 2. The first-order chi connectivity index (χ1) is 16.9. The van der Waals surface area contributed by atoms with Crippen LogP contribution in [0, 0.1) is 5.82 Å². The molecule has 0 bridgehead atoms. The molecule has 1 aromatic heterocycles. The van der Waals surface area contributed by atoms with Gasteiger partial charge >= 0.3 is 6.09 Å². The molecule has 0 saturated carbocycles. The highest BCUT2D eigenvalue weighted by molar-refractivity contribution is 7.80. The van der Waals surface area contributed by atoms with Crippen molar-refractivity contribution < 1.29 is 23.1 Å². The molecule has 2 amide bonds. The Hall–Kier alpha value is -3.72. The second-order valence-electron chi connectivity index (χ2n) is 8.60. The maximum absolute atomic E-state index is 15.1. The summed E-state index contributed by atoms with van der Waals surface area (Å²) >= 11 is 4.99. The van der Waals surface area contributed by atoms with Gasteiger partial charge in [0.15, 0.2) is 5.76 Å². The van der Waals surface area contributed by atoms with Gasteiger partial charge in [0.25, 0.3) is 5.91 Å². The van der Waals surface area contributed by atoms with E-state index in [0.717, 1.165) is 11.0 Å². The lowest BCUT2D eigenvalue weighted by atomic mass is 9.98. The van der Waals surface area contributed by atoms with Gasteiger partial charge in [-0.25, -0.2) is 9.18 Å². The largest absolute Gasteiger partial charge is 0.451 e. The summed E-state index contributed by atoms with van der Waals surface area (Å²) in [5.41, 5.74) is 2.40. The molecule has 0 unspecified atom stereocenters. The van der Waals surface area contributed by atoms with E-state index in [1.165, 1.54) is 11.0 Å². The van der Waals surface area contributed by atoms with E-state index in [4.69, 9.17) is 21.4 Å². The Labute approximate surface area is 207 Å². The number of nitrogens with one attached hydrogen (secondary N) is 1. The van der Waals surface area contributed by atoms with E-state index in [1.807, 2.05) is 30.3 Å². The quantitative estimate of drug-likeness (QED) is 0.517. The summed E-state index contributed by atoms with van der Waals surface area (Å²) in [6.45, 7) is 3.29. The summed E-state index contributed by atoms with van der Waals surface area (Å²) in [5, 5.41) is 3.86. The van der Waals surface area contributed by atoms with Gasteiger partial charge in [0.1, 0.15) is 17.5 Å². The molecule has 3 aromatic rings. The molecule has 2 aromatic carbocycles. The van der Waals surface area contributed by atoms with E-state index in [-0.39, 0.29) is 12.0 Å². The fourth-order valence-corrected chi connectivity index (χ4v) is 4.45. The van der Waals surface area contributed by atoms with Crippen LogP contribution in [-0.4, -0.2) is 54.2 Å². The fraction of sp³-hybridized carbons (Fsp3) is 0.269.